The molecule has 1 aromatic carbocycles. The van der Waals surface area contributed by atoms with Gasteiger partial charge < -0.3 is 25.9 Å². The fraction of sp³-hybridized carbons (Fsp3) is 0.294. The highest BCUT2D eigenvalue weighted by molar-refractivity contribution is 7.14. The zero-order chi connectivity index (χ0) is 20.3. The molecular formula is C17H19BN4O5S. The summed E-state index contributed by atoms with van der Waals surface area (Å²) in [5, 5.41) is 27.3. The normalized spacial score (nSPS) is 16.3. The number of oxime groups is 1. The Morgan fingerprint density at radius 2 is 2.29 bits per heavy atom. The number of para-hydroxylation sites is 1. The summed E-state index contributed by atoms with van der Waals surface area (Å²) in [6, 6.07) is 5.67. The molecule has 1 aliphatic rings. The number of aromatic nitrogens is 1. The van der Waals surface area contributed by atoms with Crippen molar-refractivity contribution in [2.24, 2.45) is 10.9 Å². The van der Waals surface area contributed by atoms with Gasteiger partial charge in [-0.3, -0.25) is 9.59 Å². The number of aryl methyl sites for hydroxylation is 1. The molecule has 1 aliphatic heterocycles. The van der Waals surface area contributed by atoms with Crippen LogP contribution in [0.2, 0.25) is 5.82 Å². The first-order chi connectivity index (χ1) is 13.4. The molecule has 11 heteroatoms. The van der Waals surface area contributed by atoms with Gasteiger partial charge in [0.1, 0.15) is 11.4 Å². The Hall–Kier alpha value is -2.92. The largest absolute Gasteiger partial charge is 0.536 e. The van der Waals surface area contributed by atoms with E-state index in [1.54, 1.807) is 0 Å². The van der Waals surface area contributed by atoms with Gasteiger partial charge in [-0.2, -0.15) is 0 Å². The Balaban J connectivity index is 1.70. The highest BCUT2D eigenvalue weighted by atomic mass is 32.1. The quantitative estimate of drug-likeness (QED) is 0.234. The molecule has 2 aromatic rings. The predicted molar refractivity (Wildman–Crippen MR) is 105 cm³/mol. The molecule has 0 aliphatic carbocycles. The highest BCUT2D eigenvalue weighted by Crippen LogP contribution is 2.36. The van der Waals surface area contributed by atoms with E-state index in [1.807, 2.05) is 25.1 Å². The van der Waals surface area contributed by atoms with Crippen molar-refractivity contribution in [3.05, 3.63) is 40.4 Å². The van der Waals surface area contributed by atoms with Crippen LogP contribution in [-0.4, -0.2) is 46.3 Å². The maximum atomic E-state index is 12.7. The molecule has 1 amide bonds. The Labute approximate surface area is 165 Å². The minimum atomic E-state index is -1.14. The SMILES string of the molecule is Cc1cccc2c1OB(O)[C@@H](CC(=O)/C(=N\O)c1csc(NCC(N)=O)n1)C2. The molecule has 0 saturated heterocycles. The molecule has 1 aromatic heterocycles. The average Bonchev–Trinajstić information content (AvgIpc) is 3.11. The summed E-state index contributed by atoms with van der Waals surface area (Å²) in [5.41, 5.74) is 6.85. The van der Waals surface area contributed by atoms with Gasteiger partial charge >= 0.3 is 7.12 Å². The summed E-state index contributed by atoms with van der Waals surface area (Å²) >= 11 is 1.14. The maximum Gasteiger partial charge on any atom is 0.526 e. The van der Waals surface area contributed by atoms with E-state index in [4.69, 9.17) is 10.4 Å². The number of hydrogen-bond donors (Lipinski definition) is 4. The van der Waals surface area contributed by atoms with Gasteiger partial charge in [0.25, 0.3) is 0 Å². The Kier molecular flexibility index (Phi) is 5.95. The van der Waals surface area contributed by atoms with E-state index in [0.29, 0.717) is 17.3 Å². The third-order valence-electron chi connectivity index (χ3n) is 4.39. The molecule has 0 spiro atoms. The summed E-state index contributed by atoms with van der Waals surface area (Å²) in [4.78, 5) is 27.6. The van der Waals surface area contributed by atoms with Crippen molar-refractivity contribution < 1.29 is 24.5 Å². The number of carbonyl (C=O) groups excluding carboxylic acids is 2. The third-order valence-corrected chi connectivity index (χ3v) is 5.19. The number of benzene rings is 1. The fourth-order valence-corrected chi connectivity index (χ4v) is 3.72. The van der Waals surface area contributed by atoms with Gasteiger partial charge in [0, 0.05) is 17.6 Å². The second kappa shape index (κ2) is 8.40. The summed E-state index contributed by atoms with van der Waals surface area (Å²) in [6.45, 7) is 1.79. The lowest BCUT2D eigenvalue weighted by molar-refractivity contribution is -0.116. The van der Waals surface area contributed by atoms with E-state index >= 15 is 0 Å². The second-order valence-electron chi connectivity index (χ2n) is 6.47. The van der Waals surface area contributed by atoms with Crippen LogP contribution in [0.15, 0.2) is 28.7 Å². The average molecular weight is 402 g/mol. The monoisotopic (exact) mass is 402 g/mol. The van der Waals surface area contributed by atoms with Crippen molar-refractivity contribution in [2.45, 2.75) is 25.6 Å². The van der Waals surface area contributed by atoms with Gasteiger partial charge in [0.05, 0.1) is 6.54 Å². The molecule has 0 radical (unpaired) electrons. The number of fused-ring (bicyclic) bond motifs is 1. The van der Waals surface area contributed by atoms with Gasteiger partial charge in [-0.05, 0) is 24.5 Å². The van der Waals surface area contributed by atoms with Gasteiger partial charge in [-0.1, -0.05) is 23.4 Å². The number of anilines is 1. The van der Waals surface area contributed by atoms with Crippen LogP contribution < -0.4 is 15.7 Å². The molecule has 3 rings (SSSR count). The number of nitrogens with zero attached hydrogens (tertiary/aromatic N) is 2. The Morgan fingerprint density at radius 3 is 3.00 bits per heavy atom. The summed E-state index contributed by atoms with van der Waals surface area (Å²) in [7, 11) is -1.14. The van der Waals surface area contributed by atoms with Crippen molar-refractivity contribution >= 4 is 41.0 Å². The van der Waals surface area contributed by atoms with E-state index in [2.05, 4.69) is 15.5 Å². The lowest BCUT2D eigenvalue weighted by Crippen LogP contribution is -2.36. The number of rotatable bonds is 7. The van der Waals surface area contributed by atoms with Gasteiger partial charge in [0.2, 0.25) is 5.91 Å². The van der Waals surface area contributed by atoms with Crippen molar-refractivity contribution in [1.82, 2.24) is 4.98 Å². The van der Waals surface area contributed by atoms with Crippen LogP contribution in [0.4, 0.5) is 5.13 Å². The van der Waals surface area contributed by atoms with Gasteiger partial charge in [-0.15, -0.1) is 11.3 Å². The van der Waals surface area contributed by atoms with E-state index in [-0.39, 0.29) is 24.4 Å². The van der Waals surface area contributed by atoms with Crippen molar-refractivity contribution in [3.8, 4) is 5.75 Å². The molecule has 0 bridgehead atoms. The van der Waals surface area contributed by atoms with Crippen LogP contribution in [0.5, 0.6) is 5.75 Å². The number of carbonyl (C=O) groups is 2. The summed E-state index contributed by atoms with van der Waals surface area (Å²) in [6.07, 6.45) is 0.390. The highest BCUT2D eigenvalue weighted by Gasteiger charge is 2.37. The van der Waals surface area contributed by atoms with E-state index in [1.165, 1.54) is 5.38 Å². The smallest absolute Gasteiger partial charge is 0.526 e. The number of ketones is 1. The second-order valence-corrected chi connectivity index (χ2v) is 7.33. The van der Waals surface area contributed by atoms with Crippen molar-refractivity contribution in [2.75, 3.05) is 11.9 Å². The molecule has 28 heavy (non-hydrogen) atoms. The summed E-state index contributed by atoms with van der Waals surface area (Å²) in [5.74, 6) is -0.868. The molecule has 2 heterocycles. The fourth-order valence-electron chi connectivity index (χ4n) is 3.03. The van der Waals surface area contributed by atoms with Crippen LogP contribution in [-0.2, 0) is 16.0 Å². The summed E-state index contributed by atoms with van der Waals surface area (Å²) < 4.78 is 5.59. The standard InChI is InChI=1S/C17H19BN4O5S/c1-9-3-2-4-10-5-11(18(25)27-16(9)10)6-13(23)15(22-26)12-8-28-17(21-12)20-7-14(19)24/h2-4,8,11,25-26H,5-7H2,1H3,(H2,19,24)(H,20,21)/b22-15-/t11-/m1/s1. The third kappa shape index (κ3) is 4.31. The number of hydrogen-bond acceptors (Lipinski definition) is 9. The number of nitrogens with two attached hydrogens (primary N) is 1. The molecule has 0 saturated carbocycles. The lowest BCUT2D eigenvalue weighted by atomic mass is 9.64. The molecule has 5 N–H and O–H groups in total. The first kappa shape index (κ1) is 19.8. The van der Waals surface area contributed by atoms with E-state index < -0.39 is 24.6 Å². The first-order valence-corrected chi connectivity index (χ1v) is 9.43. The van der Waals surface area contributed by atoms with Gasteiger partial charge in [0.15, 0.2) is 16.6 Å². The molecule has 9 nitrogen and oxygen atoms in total. The van der Waals surface area contributed by atoms with Crippen molar-refractivity contribution in [1.29, 1.82) is 0 Å². The molecule has 0 fully saturated rings. The topological polar surface area (TPSA) is 147 Å². The molecule has 1 atom stereocenters. The number of nitrogens with one attached hydrogen (secondary N) is 1. The minimum absolute atomic E-state index is 0.0739. The molecule has 146 valence electrons. The Bertz CT molecular complexity index is 932. The minimum Gasteiger partial charge on any atom is -0.536 e. The van der Waals surface area contributed by atoms with Crippen LogP contribution >= 0.6 is 11.3 Å². The lowest BCUT2D eigenvalue weighted by Gasteiger charge is -2.28. The van der Waals surface area contributed by atoms with Crippen LogP contribution in [0.1, 0.15) is 23.2 Å². The maximum absolute atomic E-state index is 12.7. The number of amides is 1. The Morgan fingerprint density at radius 1 is 1.50 bits per heavy atom. The van der Waals surface area contributed by atoms with Crippen molar-refractivity contribution in [3.63, 3.8) is 0 Å². The molecule has 0 unspecified atom stereocenters. The number of thiazole rings is 1. The van der Waals surface area contributed by atoms with E-state index in [0.717, 1.165) is 22.5 Å². The zero-order valence-corrected chi connectivity index (χ0v) is 15.9. The van der Waals surface area contributed by atoms with Crippen LogP contribution in [0.25, 0.3) is 0 Å². The van der Waals surface area contributed by atoms with Gasteiger partial charge in [-0.25, -0.2) is 4.98 Å². The van der Waals surface area contributed by atoms with E-state index in [9.17, 15) is 19.8 Å². The van der Waals surface area contributed by atoms with Crippen LogP contribution in [0.3, 0.4) is 0 Å². The molecular weight excluding hydrogens is 383 g/mol. The first-order valence-electron chi connectivity index (χ1n) is 8.55. The number of primary amides is 1. The predicted octanol–water partition coefficient (Wildman–Crippen LogP) is 0.972. The number of Topliss-reactive ketones (excluding diaryl/α,β-unsaturated/α-hetero) is 1. The zero-order valence-electron chi connectivity index (χ0n) is 15.1. The van der Waals surface area contributed by atoms with Crippen LogP contribution in [0, 0.1) is 6.92 Å².